The summed E-state index contributed by atoms with van der Waals surface area (Å²) in [4.78, 5) is 0. The molecule has 0 aromatic heterocycles. The molecule has 3 nitrogen and oxygen atoms in total. The van der Waals surface area contributed by atoms with Crippen LogP contribution >= 0.6 is 0 Å². The Balaban J connectivity index is 1.49. The fourth-order valence-electron chi connectivity index (χ4n) is 8.74. The van der Waals surface area contributed by atoms with E-state index in [2.05, 4.69) is 13.5 Å². The summed E-state index contributed by atoms with van der Waals surface area (Å²) in [5.74, 6) is 2.33. The first-order valence-corrected chi connectivity index (χ1v) is 12.1. The summed E-state index contributed by atoms with van der Waals surface area (Å²) in [5, 5.41) is 21.0. The van der Waals surface area contributed by atoms with Crippen molar-refractivity contribution in [2.24, 2.45) is 46.8 Å². The number of rotatable bonds is 4. The lowest BCUT2D eigenvalue weighted by Crippen LogP contribution is -2.52. The van der Waals surface area contributed by atoms with Crippen LogP contribution in [-0.4, -0.2) is 35.2 Å². The van der Waals surface area contributed by atoms with Gasteiger partial charge in [0, 0.05) is 0 Å². The lowest BCUT2D eigenvalue weighted by atomic mass is 9.48. The zero-order valence-corrected chi connectivity index (χ0v) is 19.1. The van der Waals surface area contributed by atoms with Gasteiger partial charge in [-0.1, -0.05) is 20.4 Å². The van der Waals surface area contributed by atoms with Gasteiger partial charge in [0.15, 0.2) is 6.10 Å². The fourth-order valence-corrected chi connectivity index (χ4v) is 8.74. The highest BCUT2D eigenvalue weighted by Gasteiger charge is 2.60. The summed E-state index contributed by atoms with van der Waals surface area (Å²) in [7, 11) is 1.57. The average Bonchev–Trinajstić information content (AvgIpc) is 3.08. The number of ether oxygens (including phenoxy) is 1. The number of hydrogen-bond acceptors (Lipinski definition) is 3. The number of hydrogen-bond donors (Lipinski definition) is 2. The number of aliphatic hydroxyl groups is 2. The van der Waals surface area contributed by atoms with E-state index in [-0.39, 0.29) is 11.3 Å². The van der Waals surface area contributed by atoms with Gasteiger partial charge in [-0.2, -0.15) is 13.2 Å². The lowest BCUT2D eigenvalue weighted by Gasteiger charge is -2.57. The van der Waals surface area contributed by atoms with E-state index in [0.29, 0.717) is 48.2 Å². The third-order valence-corrected chi connectivity index (χ3v) is 10.3. The van der Waals surface area contributed by atoms with Crippen LogP contribution < -0.4 is 0 Å². The van der Waals surface area contributed by atoms with Crippen molar-refractivity contribution in [2.75, 3.05) is 7.11 Å². The molecule has 31 heavy (non-hydrogen) atoms. The molecule has 0 radical (unpaired) electrons. The van der Waals surface area contributed by atoms with E-state index < -0.39 is 23.8 Å². The molecule has 0 amide bonds. The molecule has 178 valence electrons. The van der Waals surface area contributed by atoms with Crippen LogP contribution in [0.5, 0.6) is 0 Å². The van der Waals surface area contributed by atoms with E-state index >= 15 is 0 Å². The second-order valence-corrected chi connectivity index (χ2v) is 11.4. The van der Waals surface area contributed by atoms with E-state index in [1.54, 1.807) is 14.0 Å². The maximum atomic E-state index is 13.2. The van der Waals surface area contributed by atoms with E-state index in [0.717, 1.165) is 44.9 Å². The van der Waals surface area contributed by atoms with Crippen molar-refractivity contribution in [3.63, 3.8) is 0 Å². The van der Waals surface area contributed by atoms with Gasteiger partial charge in [-0.05, 0) is 105 Å². The normalized spacial score (nSPS) is 47.0. The van der Waals surface area contributed by atoms with Crippen LogP contribution in [0.3, 0.4) is 0 Å². The predicted molar refractivity (Wildman–Crippen MR) is 113 cm³/mol. The molecule has 0 saturated heterocycles. The van der Waals surface area contributed by atoms with Crippen LogP contribution in [0.25, 0.3) is 0 Å². The Morgan fingerprint density at radius 1 is 1.03 bits per heavy atom. The minimum Gasteiger partial charge on any atom is -0.499 e. The third-order valence-electron chi connectivity index (χ3n) is 10.3. The maximum absolute atomic E-state index is 13.2. The Bertz CT molecular complexity index is 694. The smallest absolute Gasteiger partial charge is 0.414 e. The van der Waals surface area contributed by atoms with Crippen molar-refractivity contribution in [3.8, 4) is 0 Å². The Morgan fingerprint density at radius 2 is 1.71 bits per heavy atom. The minimum atomic E-state index is -4.55. The van der Waals surface area contributed by atoms with Gasteiger partial charge < -0.3 is 14.9 Å². The first-order valence-electron chi connectivity index (χ1n) is 12.1. The molecule has 4 fully saturated rings. The molecule has 6 heteroatoms. The van der Waals surface area contributed by atoms with Gasteiger partial charge in [-0.3, -0.25) is 0 Å². The van der Waals surface area contributed by atoms with E-state index in [9.17, 15) is 23.4 Å². The SMILES string of the molecule is C=C(OC)[C@]1(O)CC[C@H]2[C@H](CC[C@@H]3[C@@H]2CC[C@]2(C)[C@@H]([C@H](C)[C@H](O)C(F)(F)F)CC[C@@H]32)C1. The highest BCUT2D eigenvalue weighted by atomic mass is 19.4. The third kappa shape index (κ3) is 3.74. The van der Waals surface area contributed by atoms with Crippen molar-refractivity contribution >= 4 is 0 Å². The molecule has 0 aromatic carbocycles. The Labute approximate surface area is 184 Å². The molecule has 0 unspecified atom stereocenters. The molecule has 0 spiro atoms. The molecular weight excluding hydrogens is 405 g/mol. The van der Waals surface area contributed by atoms with Gasteiger partial charge in [0.05, 0.1) is 7.11 Å². The van der Waals surface area contributed by atoms with Crippen molar-refractivity contribution in [2.45, 2.75) is 89.5 Å². The van der Waals surface area contributed by atoms with Crippen LogP contribution in [0.4, 0.5) is 13.2 Å². The Morgan fingerprint density at radius 3 is 2.35 bits per heavy atom. The van der Waals surface area contributed by atoms with Crippen molar-refractivity contribution in [3.05, 3.63) is 12.3 Å². The van der Waals surface area contributed by atoms with Gasteiger partial charge in [0.25, 0.3) is 0 Å². The van der Waals surface area contributed by atoms with Gasteiger partial charge in [0.1, 0.15) is 11.4 Å². The zero-order chi connectivity index (χ0) is 22.8. The second kappa shape index (κ2) is 7.93. The van der Waals surface area contributed by atoms with Gasteiger partial charge in [-0.25, -0.2) is 0 Å². The number of methoxy groups -OCH3 is 1. The molecule has 2 N–H and O–H groups in total. The van der Waals surface area contributed by atoms with Crippen LogP contribution in [-0.2, 0) is 4.74 Å². The van der Waals surface area contributed by atoms with Crippen LogP contribution in [0.1, 0.15) is 71.6 Å². The summed E-state index contributed by atoms with van der Waals surface area (Å²) in [6, 6.07) is 0. The van der Waals surface area contributed by atoms with E-state index in [1.807, 2.05) is 0 Å². The standard InChI is InChI=1S/C25H39F3O3/c1-14(22(29)25(26,27)28)20-7-8-21-19-6-5-16-13-24(30,15(2)31-4)12-10-17(16)18(19)9-11-23(20,21)3/h14,16-22,29-30H,2,5-13H2,1,3-4H3/t14-,16+,17-,18+,19+,20+,21-,22-,23+,24-/m0/s1. The quantitative estimate of drug-likeness (QED) is 0.547. The number of aliphatic hydroxyl groups excluding tert-OH is 1. The topological polar surface area (TPSA) is 49.7 Å². The average molecular weight is 445 g/mol. The van der Waals surface area contributed by atoms with Crippen molar-refractivity contribution in [1.82, 2.24) is 0 Å². The number of fused-ring (bicyclic) bond motifs is 5. The molecule has 4 aliphatic carbocycles. The van der Waals surface area contributed by atoms with Crippen LogP contribution in [0.15, 0.2) is 12.3 Å². The lowest BCUT2D eigenvalue weighted by molar-refractivity contribution is -0.227. The summed E-state index contributed by atoms with van der Waals surface area (Å²) >= 11 is 0. The van der Waals surface area contributed by atoms with E-state index in [4.69, 9.17) is 4.74 Å². The molecule has 0 aromatic rings. The van der Waals surface area contributed by atoms with Crippen molar-refractivity contribution in [1.29, 1.82) is 0 Å². The summed E-state index contributed by atoms with van der Waals surface area (Å²) in [6.45, 7) is 7.73. The molecule has 0 aliphatic heterocycles. The summed E-state index contributed by atoms with van der Waals surface area (Å²) in [5.41, 5.74) is -1.03. The summed E-state index contributed by atoms with van der Waals surface area (Å²) < 4.78 is 44.9. The molecular formula is C25H39F3O3. The van der Waals surface area contributed by atoms with Gasteiger partial charge >= 0.3 is 6.18 Å². The van der Waals surface area contributed by atoms with Crippen LogP contribution in [0, 0.1) is 46.8 Å². The Kier molecular flexibility index (Phi) is 5.99. The van der Waals surface area contributed by atoms with Crippen molar-refractivity contribution < 1.29 is 28.1 Å². The molecule has 0 heterocycles. The minimum absolute atomic E-state index is 0.0747. The molecule has 0 bridgehead atoms. The number of halogens is 3. The molecule has 4 aliphatic rings. The van der Waals surface area contributed by atoms with Gasteiger partial charge in [0.2, 0.25) is 0 Å². The highest BCUT2D eigenvalue weighted by Crippen LogP contribution is 2.66. The fraction of sp³-hybridized carbons (Fsp3) is 0.920. The highest BCUT2D eigenvalue weighted by molar-refractivity contribution is 5.12. The first kappa shape index (κ1) is 23.4. The maximum Gasteiger partial charge on any atom is 0.414 e. The van der Waals surface area contributed by atoms with Crippen LogP contribution in [0.2, 0.25) is 0 Å². The van der Waals surface area contributed by atoms with Gasteiger partial charge in [-0.15, -0.1) is 0 Å². The monoisotopic (exact) mass is 444 g/mol. The van der Waals surface area contributed by atoms with E-state index in [1.165, 1.54) is 0 Å². The zero-order valence-electron chi connectivity index (χ0n) is 19.1. The molecule has 10 atom stereocenters. The Hall–Kier alpha value is -0.750. The molecule has 4 saturated carbocycles. The number of alkyl halides is 3. The second-order valence-electron chi connectivity index (χ2n) is 11.4. The summed E-state index contributed by atoms with van der Waals surface area (Å²) in [6.07, 6.45) is 1.56. The largest absolute Gasteiger partial charge is 0.499 e. The molecule has 4 rings (SSSR count). The predicted octanol–water partition coefficient (Wildman–Crippen LogP) is 5.71. The first-order chi connectivity index (χ1) is 14.4.